The van der Waals surface area contributed by atoms with Crippen molar-refractivity contribution in [1.29, 1.82) is 0 Å². The molecule has 0 radical (unpaired) electrons. The summed E-state index contributed by atoms with van der Waals surface area (Å²) in [5.41, 5.74) is 15.6. The van der Waals surface area contributed by atoms with Crippen LogP contribution < -0.4 is 5.46 Å². The van der Waals surface area contributed by atoms with E-state index in [4.69, 9.17) is 44.7 Å². The molecule has 10 aromatic heterocycles. The Morgan fingerprint density at radius 1 is 0.303 bits per heavy atom. The molecule has 16 heteroatoms. The maximum atomic E-state index is 6.53. The van der Waals surface area contributed by atoms with E-state index in [1.807, 2.05) is 77.3 Å². The van der Waals surface area contributed by atoms with Gasteiger partial charge in [0.15, 0.2) is 5.82 Å². The molecule has 10 nitrogen and oxygen atoms in total. The summed E-state index contributed by atoms with van der Waals surface area (Å²) in [4.78, 5) is 22.1. The number of rotatable bonds is 6. The third-order valence-electron chi connectivity index (χ3n) is 25.1. The van der Waals surface area contributed by atoms with Crippen molar-refractivity contribution in [2.24, 2.45) is 0 Å². The van der Waals surface area contributed by atoms with Crippen molar-refractivity contribution in [1.82, 2.24) is 29.1 Å². The standard InChI is InChI=1S/C50H27N3OS2.C38H20ClN3S2.C18H19BO3/c1-2-16-31-30(15-1)43-34-19-5-9-25-40(34)55-48(43)45-32-17-3-7-22-37(32)53(47(31)45)29-14-11-13-28(27-29)46-44-35-20-6-10-26-41(35)56-50(44)52-49(51-46)36-21-12-24-39-42(36)33-18-4-8-23-38(33)54-39;39-38-40-34(32-27-16-5-8-19-30(27)44-37(32)41-38)21-10-9-11-22(20-21)42-28-17-6-3-14-25(28)33-35(42)24-13-2-1-12-23(24)31-26-15-4-7-18-29(26)43-36(31)33;1-17(2)18(3,4)22-19(21-17)13-9-7-11-15-16(13)12-8-5-6-10-14(12)20-15/h1-27H;1-20H;5-11H,1-4H3. The minimum Gasteiger partial charge on any atom is -0.456 e. The van der Waals surface area contributed by atoms with Crippen LogP contribution in [0.15, 0.2) is 336 Å². The Kier molecular flexibility index (Phi) is 16.0. The first-order valence-corrected chi connectivity index (χ1v) is 44.5. The van der Waals surface area contributed by atoms with Crippen LogP contribution in [0.25, 0.3) is 235 Å². The molecule has 578 valence electrons. The number of para-hydroxylation sites is 4. The van der Waals surface area contributed by atoms with Gasteiger partial charge < -0.3 is 27.3 Å². The Bertz CT molecular complexity index is 8930. The van der Waals surface area contributed by atoms with E-state index in [0.717, 1.165) is 115 Å². The predicted octanol–water partition coefficient (Wildman–Crippen LogP) is 30.4. The normalized spacial score (nSPS) is 13.7. The first kappa shape index (κ1) is 71.5. The summed E-state index contributed by atoms with van der Waals surface area (Å²) < 4.78 is 37.3. The minimum absolute atomic E-state index is 0.263. The van der Waals surface area contributed by atoms with Crippen molar-refractivity contribution in [3.05, 3.63) is 333 Å². The van der Waals surface area contributed by atoms with Gasteiger partial charge in [-0.3, -0.25) is 0 Å². The van der Waals surface area contributed by atoms with Crippen molar-refractivity contribution in [3.63, 3.8) is 0 Å². The minimum atomic E-state index is -0.380. The van der Waals surface area contributed by atoms with E-state index in [2.05, 4.69) is 315 Å². The molecule has 0 unspecified atom stereocenters. The van der Waals surface area contributed by atoms with E-state index < -0.39 is 0 Å². The summed E-state index contributed by atoms with van der Waals surface area (Å²) in [5.74, 6) is 0.691. The van der Waals surface area contributed by atoms with E-state index in [0.29, 0.717) is 5.82 Å². The molecule has 27 rings (SSSR count). The number of hydrogen-bond acceptors (Lipinski definition) is 12. The van der Waals surface area contributed by atoms with Crippen LogP contribution in [-0.4, -0.2) is 47.4 Å². The summed E-state index contributed by atoms with van der Waals surface area (Å²) in [5, 5.41) is 24.5. The Morgan fingerprint density at radius 2 is 0.680 bits per heavy atom. The maximum Gasteiger partial charge on any atom is 0.495 e. The molecule has 0 spiro atoms. The highest BCUT2D eigenvalue weighted by Gasteiger charge is 2.52. The average molecular weight is 1660 g/mol. The van der Waals surface area contributed by atoms with Crippen molar-refractivity contribution < 1.29 is 18.1 Å². The molecule has 1 aliphatic heterocycles. The molecule has 0 amide bonds. The highest BCUT2D eigenvalue weighted by molar-refractivity contribution is 7.28. The lowest BCUT2D eigenvalue weighted by molar-refractivity contribution is 0.00578. The van der Waals surface area contributed by atoms with Crippen molar-refractivity contribution in [2.75, 3.05) is 0 Å². The summed E-state index contributed by atoms with van der Waals surface area (Å²) in [6, 6.07) is 116. The van der Waals surface area contributed by atoms with Crippen LogP contribution in [0.5, 0.6) is 0 Å². The molecule has 16 aromatic carbocycles. The highest BCUT2D eigenvalue weighted by atomic mass is 35.5. The largest absolute Gasteiger partial charge is 0.495 e. The number of aromatic nitrogens is 6. The number of furan rings is 2. The predicted molar refractivity (Wildman–Crippen MR) is 517 cm³/mol. The van der Waals surface area contributed by atoms with Crippen LogP contribution >= 0.6 is 56.9 Å². The van der Waals surface area contributed by atoms with E-state index >= 15 is 0 Å². The van der Waals surface area contributed by atoms with Crippen LogP contribution in [-0.2, 0) is 9.31 Å². The van der Waals surface area contributed by atoms with Gasteiger partial charge in [0.25, 0.3) is 0 Å². The van der Waals surface area contributed by atoms with E-state index in [1.165, 1.54) is 120 Å². The third-order valence-corrected chi connectivity index (χ3v) is 29.8. The summed E-state index contributed by atoms with van der Waals surface area (Å²) in [6.45, 7) is 8.28. The zero-order valence-corrected chi connectivity index (χ0v) is 70.1. The van der Waals surface area contributed by atoms with Gasteiger partial charge in [-0.25, -0.2) is 19.9 Å². The summed E-state index contributed by atoms with van der Waals surface area (Å²) in [7, 11) is -0.380. The number of fused-ring (bicyclic) bond motifs is 32. The Balaban J connectivity index is 0.000000110. The smallest absolute Gasteiger partial charge is 0.456 e. The zero-order valence-electron chi connectivity index (χ0n) is 66.1. The topological polar surface area (TPSA) is 106 Å². The van der Waals surface area contributed by atoms with Gasteiger partial charge in [-0.1, -0.05) is 243 Å². The van der Waals surface area contributed by atoms with E-state index in [9.17, 15) is 0 Å². The Morgan fingerprint density at radius 3 is 1.19 bits per heavy atom. The molecular formula is C106H66BClN6O4S4. The van der Waals surface area contributed by atoms with Crippen molar-refractivity contribution in [3.8, 4) is 45.3 Å². The number of hydrogen-bond donors (Lipinski definition) is 0. The van der Waals surface area contributed by atoms with Gasteiger partial charge in [0.1, 0.15) is 32.0 Å². The molecule has 1 saturated heterocycles. The molecule has 122 heavy (non-hydrogen) atoms. The van der Waals surface area contributed by atoms with Gasteiger partial charge in [-0.05, 0) is 140 Å². The summed E-state index contributed by atoms with van der Waals surface area (Å²) in [6.07, 6.45) is 0. The maximum absolute atomic E-state index is 6.53. The SMILES string of the molecule is CC1(C)OB(c2cccc3oc4ccccc4c23)OC1(C)C.Clc1nc(-c2cccc(-n3c4ccccc4c4c5sc6ccccc6c5c5ccccc5c43)c2)c2c(n1)sc1ccccc12.c1cc(-c2nc(-c3cccc4oc5ccccc5c34)nc3sc4ccccc4c23)cc(-n2c3ccccc3c3c4sc5ccccc5c4c4ccccc4c32)c1. The quantitative estimate of drug-likeness (QED) is 0.120. The first-order valence-electron chi connectivity index (χ1n) is 40.8. The van der Waals surface area contributed by atoms with Crippen LogP contribution in [0, 0.1) is 0 Å². The van der Waals surface area contributed by atoms with Gasteiger partial charge in [-0.15, -0.1) is 45.3 Å². The molecule has 1 aliphatic rings. The van der Waals surface area contributed by atoms with E-state index in [1.54, 1.807) is 22.7 Å². The number of benzene rings is 16. The van der Waals surface area contributed by atoms with Crippen LogP contribution in [0.1, 0.15) is 27.7 Å². The zero-order chi connectivity index (χ0) is 81.0. The van der Waals surface area contributed by atoms with Gasteiger partial charge in [0.05, 0.1) is 44.7 Å². The second kappa shape index (κ2) is 27.3. The molecule has 0 N–H and O–H groups in total. The van der Waals surface area contributed by atoms with Crippen LogP contribution in [0.3, 0.4) is 0 Å². The monoisotopic (exact) mass is 1660 g/mol. The molecule has 0 aliphatic carbocycles. The summed E-state index contributed by atoms with van der Waals surface area (Å²) >= 11 is 13.7. The van der Waals surface area contributed by atoms with Crippen molar-refractivity contribution >= 4 is 260 Å². The molecule has 11 heterocycles. The molecule has 0 atom stereocenters. The number of nitrogens with zero attached hydrogens (tertiary/aromatic N) is 6. The third kappa shape index (κ3) is 10.8. The van der Waals surface area contributed by atoms with Crippen LogP contribution in [0.2, 0.25) is 5.28 Å². The van der Waals surface area contributed by atoms with Gasteiger partial charge in [0.2, 0.25) is 5.28 Å². The Labute approximate surface area is 718 Å². The Hall–Kier alpha value is -13.4. The lowest BCUT2D eigenvalue weighted by Gasteiger charge is -2.32. The number of thiophene rings is 4. The molecule has 0 bridgehead atoms. The van der Waals surface area contributed by atoms with Crippen molar-refractivity contribution in [2.45, 2.75) is 38.9 Å². The van der Waals surface area contributed by atoms with Crippen LogP contribution in [0.4, 0.5) is 0 Å². The average Bonchev–Trinajstić information content (AvgIpc) is 1.54. The lowest BCUT2D eigenvalue weighted by atomic mass is 9.76. The fourth-order valence-electron chi connectivity index (χ4n) is 19.1. The number of halogens is 1. The molecular weight excluding hydrogens is 1600 g/mol. The van der Waals surface area contributed by atoms with Gasteiger partial charge >= 0.3 is 7.12 Å². The molecule has 1 fully saturated rings. The lowest BCUT2D eigenvalue weighted by Crippen LogP contribution is -2.41. The first-order chi connectivity index (χ1) is 59.9. The van der Waals surface area contributed by atoms with Gasteiger partial charge in [-0.2, -0.15) is 0 Å². The highest BCUT2D eigenvalue weighted by Crippen LogP contribution is 2.53. The van der Waals surface area contributed by atoms with Gasteiger partial charge in [0, 0.05) is 153 Å². The molecule has 26 aromatic rings. The second-order valence-corrected chi connectivity index (χ2v) is 36.9. The van der Waals surface area contributed by atoms with E-state index in [-0.39, 0.29) is 23.6 Å². The fraction of sp³-hybridized carbons (Fsp3) is 0.0566. The fourth-order valence-corrected chi connectivity index (χ4v) is 24.0. The second-order valence-electron chi connectivity index (χ2n) is 32.4. The molecule has 0 saturated carbocycles.